The smallest absolute Gasteiger partial charge is 0.469 e. The van der Waals surface area contributed by atoms with Crippen molar-refractivity contribution in [1.29, 1.82) is 0 Å². The molecule has 104 heavy (non-hydrogen) atoms. The molecule has 5 heterocycles. The summed E-state index contributed by atoms with van der Waals surface area (Å²) in [6, 6.07) is 50.5. The van der Waals surface area contributed by atoms with Crippen LogP contribution in [0.5, 0.6) is 0 Å². The summed E-state index contributed by atoms with van der Waals surface area (Å²) in [5.74, 6) is -0.00752. The first kappa shape index (κ1) is 81.8. The van der Waals surface area contributed by atoms with Gasteiger partial charge in [0.1, 0.15) is 30.2 Å². The average Bonchev–Trinajstić information content (AvgIpc) is 1.73. The third-order valence-electron chi connectivity index (χ3n) is 17.5. The number of hydrogen-bond donors (Lipinski definition) is 3. The molecule has 9 aromatic rings. The van der Waals surface area contributed by atoms with E-state index < -0.39 is 27.3 Å². The fraction of sp³-hybridized carbons (Fsp3) is 0.316. The Labute approximate surface area is 629 Å². The number of carbonyl (C=O) groups excluding carboxylic acids is 4. The van der Waals surface area contributed by atoms with E-state index in [2.05, 4.69) is 136 Å². The minimum atomic E-state index is -0.829. The van der Waals surface area contributed by atoms with Gasteiger partial charge in [-0.05, 0) is 159 Å². The number of amides is 2. The van der Waals surface area contributed by atoms with Crippen LogP contribution in [0.25, 0.3) is 11.1 Å². The maximum atomic E-state index is 12.6. The van der Waals surface area contributed by atoms with Gasteiger partial charge < -0.3 is 53.6 Å². The normalized spacial score (nSPS) is 15.6. The Morgan fingerprint density at radius 2 is 1.12 bits per heavy atom. The molecular weight excluding hydrogens is 1530 g/mol. The van der Waals surface area contributed by atoms with Gasteiger partial charge in [0.15, 0.2) is 0 Å². The van der Waals surface area contributed by atoms with E-state index in [4.69, 9.17) is 18.4 Å². The molecule has 0 unspecified atom stereocenters. The Bertz CT molecular complexity index is 4370. The van der Waals surface area contributed by atoms with Crippen LogP contribution in [0.15, 0.2) is 186 Å². The Morgan fingerprint density at radius 1 is 0.663 bits per heavy atom. The van der Waals surface area contributed by atoms with E-state index in [1.54, 1.807) is 19.1 Å². The summed E-state index contributed by atoms with van der Waals surface area (Å²) >= 11 is 9.73. The number of halogens is 4. The van der Waals surface area contributed by atoms with Gasteiger partial charge in [0.05, 0.1) is 68.2 Å². The van der Waals surface area contributed by atoms with Crippen LogP contribution in [0.1, 0.15) is 101 Å². The second kappa shape index (κ2) is 37.8. The summed E-state index contributed by atoms with van der Waals surface area (Å²) in [5.41, 5.74) is 11.4. The minimum absolute atomic E-state index is 0.0125. The molecule has 4 atom stereocenters. The maximum absolute atomic E-state index is 12.6. The van der Waals surface area contributed by atoms with E-state index in [-0.39, 0.29) is 66.3 Å². The molecule has 2 amide bonds. The molecule has 1 saturated heterocycles. The summed E-state index contributed by atoms with van der Waals surface area (Å²) < 4.78 is 46.5. The van der Waals surface area contributed by atoms with Crippen molar-refractivity contribution in [3.8, 4) is 11.1 Å². The van der Waals surface area contributed by atoms with Crippen molar-refractivity contribution in [2.24, 2.45) is 5.92 Å². The lowest BCUT2D eigenvalue weighted by Crippen LogP contribution is -2.45. The van der Waals surface area contributed by atoms with Crippen molar-refractivity contribution < 1.29 is 61.2 Å². The van der Waals surface area contributed by atoms with Crippen LogP contribution in [0.4, 0.5) is 38.5 Å². The lowest BCUT2D eigenvalue weighted by atomic mass is 9.77. The molecular formula is C76H84BBr3FN9O14. The van der Waals surface area contributed by atoms with Crippen molar-refractivity contribution in [2.45, 2.75) is 138 Å². The number of hydrogen-bond acceptors (Lipinski definition) is 19. The quantitative estimate of drug-likeness (QED) is 0.0251. The summed E-state index contributed by atoms with van der Waals surface area (Å²) in [4.78, 5) is 69.7. The molecule has 3 aliphatic heterocycles. The maximum Gasteiger partial charge on any atom is 0.500 e. The van der Waals surface area contributed by atoms with Gasteiger partial charge in [-0.2, -0.15) is 4.39 Å². The van der Waals surface area contributed by atoms with Crippen molar-refractivity contribution in [3.63, 3.8) is 0 Å². The highest BCUT2D eigenvalue weighted by Crippen LogP contribution is 2.40. The number of nitro groups is 2. The largest absolute Gasteiger partial charge is 0.500 e. The number of benzene rings is 7. The van der Waals surface area contributed by atoms with Crippen LogP contribution < -0.4 is 31.2 Å². The molecule has 0 aliphatic carbocycles. The molecule has 3 N–H and O–H groups in total. The van der Waals surface area contributed by atoms with Crippen LogP contribution >= 0.6 is 47.8 Å². The molecule has 12 rings (SSSR count). The minimum Gasteiger partial charge on any atom is -0.469 e. The van der Waals surface area contributed by atoms with Crippen molar-refractivity contribution in [1.82, 2.24) is 15.6 Å². The molecule has 0 spiro atoms. The Kier molecular flexibility index (Phi) is 29.8. The Hall–Kier alpha value is -9.45. The number of fused-ring (bicyclic) bond motifs is 2. The van der Waals surface area contributed by atoms with E-state index in [1.165, 1.54) is 35.9 Å². The lowest BCUT2D eigenvalue weighted by molar-refractivity contribution is -0.387. The predicted molar refractivity (Wildman–Crippen MR) is 410 cm³/mol. The predicted octanol–water partition coefficient (Wildman–Crippen LogP) is 16.2. The van der Waals surface area contributed by atoms with E-state index in [9.17, 15) is 43.8 Å². The molecule has 0 bridgehead atoms. The fourth-order valence-corrected chi connectivity index (χ4v) is 12.1. The zero-order chi connectivity index (χ0) is 76.2. The number of ether oxygens (including phenoxy) is 2. The standard InChI is InChI=1S/C21H21N3O2.C16H15BrN2O.C11H18BNO3.C11H12BrNO4.C11H15NO2.C6H3BrFNO2/c1-13-20(15(3)26-23-13)17-9-10-18-19(11-17)24(14(2)21(25)22-18)12-16-7-5-4-6-8-16;1-11-16(20)18-14-8-7-13(17)9-15(14)19(11)10-12-5-3-2-4-6-12;1-7-9(8(2)14-13-7)12-15-10(3,4)11(5,6)16-12;1-7(11(14)17-2)5-8-6-9(12)3-4-10(8)13(15)16;1-10(8-14-9-13)12-7-11-5-3-2-4-6-11;7-4-1-2-6(9(10)11)5(8)3-4/h4-11,14H,12H2,1-3H3,(H,22,25);2-9,11H,10H2,1H3,(H,18,20);1-6H3;3-4,6-7H,5H2,1-2H3;2-6,9-10,12H,7-8H2,1H3;1-3H/t14-;11-;;7-;10-;/m11.01./s1. The van der Waals surface area contributed by atoms with E-state index >= 15 is 0 Å². The van der Waals surface area contributed by atoms with Gasteiger partial charge in [-0.25, -0.2) is 0 Å². The molecule has 548 valence electrons. The summed E-state index contributed by atoms with van der Waals surface area (Å²) in [6.07, 6.45) is 0.280. The van der Waals surface area contributed by atoms with Crippen molar-refractivity contribution in [3.05, 3.63) is 248 Å². The number of esters is 1. The fourth-order valence-electron chi connectivity index (χ4n) is 11.0. The Balaban J connectivity index is 0.000000178. The van der Waals surface area contributed by atoms with Crippen LogP contribution in [-0.2, 0) is 64.0 Å². The molecule has 0 saturated carbocycles. The number of methoxy groups -OCH3 is 1. The first-order valence-corrected chi connectivity index (χ1v) is 35.5. The molecule has 7 aromatic carbocycles. The van der Waals surface area contributed by atoms with Gasteiger partial charge in [-0.15, -0.1) is 0 Å². The molecule has 28 heteroatoms. The van der Waals surface area contributed by atoms with Gasteiger partial charge in [-0.3, -0.25) is 39.4 Å². The van der Waals surface area contributed by atoms with Gasteiger partial charge in [0, 0.05) is 67.8 Å². The monoisotopic (exact) mass is 1610 g/mol. The van der Waals surface area contributed by atoms with Crippen LogP contribution in [0.3, 0.4) is 0 Å². The second-order valence-corrected chi connectivity index (χ2v) is 28.4. The zero-order valence-corrected chi connectivity index (χ0v) is 64.8. The molecule has 2 aromatic heterocycles. The van der Waals surface area contributed by atoms with Crippen molar-refractivity contribution >= 4 is 119 Å². The summed E-state index contributed by atoms with van der Waals surface area (Å²) in [7, 11) is 0.921. The van der Waals surface area contributed by atoms with Gasteiger partial charge in [0.2, 0.25) is 17.6 Å². The highest BCUT2D eigenvalue weighted by molar-refractivity contribution is 9.11. The number of carbonyl (C=O) groups is 4. The van der Waals surface area contributed by atoms with Crippen molar-refractivity contribution in [2.75, 3.05) is 34.2 Å². The molecule has 23 nitrogen and oxygen atoms in total. The number of nitrogens with zero attached hydrogens (tertiary/aromatic N) is 6. The van der Waals surface area contributed by atoms with Gasteiger partial charge >= 0.3 is 18.8 Å². The molecule has 3 aliphatic rings. The number of anilines is 4. The highest BCUT2D eigenvalue weighted by atomic mass is 79.9. The first-order chi connectivity index (χ1) is 49.3. The SMILES string of the molecule is COC(=O)[C@@H](C)Cc1cc(Br)ccc1[N+](=O)[O-].C[C@@H]1C(=O)Nc2ccc(Br)cc2N1Cc1ccccc1.C[C@H](COC=O)NCc1ccccc1.Cc1noc(C)c1-c1ccc2c(c1)N(Cc1ccccc1)[C@H](C)C(=O)N2.Cc1noc(C)c1B1OC(C)(C)C(C)(C)O1.O=[N+]([O-])c1ccc(Br)cc1F. The second-order valence-electron chi connectivity index (χ2n) is 25.7. The molecule has 0 radical (unpaired) electrons. The first-order valence-electron chi connectivity index (χ1n) is 33.1. The number of rotatable bonds is 17. The van der Waals surface area contributed by atoms with E-state index in [1.807, 2.05) is 161 Å². The third kappa shape index (κ3) is 22.3. The topological polar surface area (TPSA) is 286 Å². The number of nitro benzene ring substituents is 2. The highest BCUT2D eigenvalue weighted by Gasteiger charge is 2.53. The third-order valence-corrected chi connectivity index (χ3v) is 18.9. The average molecular weight is 1620 g/mol. The van der Waals surface area contributed by atoms with Crippen LogP contribution in [0, 0.1) is 59.7 Å². The molecule has 1 fully saturated rings. The number of aromatic nitrogens is 2. The lowest BCUT2D eigenvalue weighted by Gasteiger charge is -2.36. The Morgan fingerprint density at radius 3 is 1.60 bits per heavy atom. The van der Waals surface area contributed by atoms with E-state index in [0.717, 1.165) is 96.4 Å². The summed E-state index contributed by atoms with van der Waals surface area (Å²) in [5, 5.41) is 38.1. The summed E-state index contributed by atoms with van der Waals surface area (Å²) in [6.45, 7) is 26.4. The zero-order valence-electron chi connectivity index (χ0n) is 60.0. The van der Waals surface area contributed by atoms with Crippen LogP contribution in [0.2, 0.25) is 0 Å². The van der Waals surface area contributed by atoms with Gasteiger partial charge in [-0.1, -0.05) is 162 Å². The number of aryl methyl sites for hydroxylation is 4. The van der Waals surface area contributed by atoms with E-state index in [0.29, 0.717) is 29.7 Å². The van der Waals surface area contributed by atoms with Crippen LogP contribution in [-0.4, -0.2) is 94.6 Å². The number of nitrogens with one attached hydrogen (secondary N) is 3. The van der Waals surface area contributed by atoms with Gasteiger partial charge in [0.25, 0.3) is 12.2 Å².